The third-order valence-electron chi connectivity index (χ3n) is 2.82. The maximum atomic E-state index is 5.88. The zero-order valence-corrected chi connectivity index (χ0v) is 9.26. The van der Waals surface area contributed by atoms with Crippen LogP contribution in [-0.2, 0) is 7.05 Å². The highest BCUT2D eigenvalue weighted by Crippen LogP contribution is 2.33. The van der Waals surface area contributed by atoms with E-state index in [1.165, 1.54) is 12.8 Å². The second-order valence-corrected chi connectivity index (χ2v) is 4.19. The Hall–Kier alpha value is -1.77. The van der Waals surface area contributed by atoms with Gasteiger partial charge in [-0.3, -0.25) is 4.98 Å². The minimum absolute atomic E-state index is 0.418. The molecule has 0 unspecified atom stereocenters. The van der Waals surface area contributed by atoms with Gasteiger partial charge in [0.1, 0.15) is 5.75 Å². The predicted molar refractivity (Wildman–Crippen MR) is 62.3 cm³/mol. The van der Waals surface area contributed by atoms with Crippen molar-refractivity contribution in [3.8, 4) is 17.0 Å². The Balaban J connectivity index is 2.01. The number of aromatic nitrogens is 2. The Morgan fingerprint density at radius 2 is 2.25 bits per heavy atom. The van der Waals surface area contributed by atoms with Crippen molar-refractivity contribution in [1.29, 1.82) is 0 Å². The number of hydrogen-bond acceptors (Lipinski definition) is 2. The van der Waals surface area contributed by atoms with Gasteiger partial charge in [0, 0.05) is 25.6 Å². The van der Waals surface area contributed by atoms with Crippen LogP contribution < -0.4 is 4.74 Å². The molecular weight excluding hydrogens is 200 g/mol. The highest BCUT2D eigenvalue weighted by Gasteiger charge is 2.24. The lowest BCUT2D eigenvalue weighted by Crippen LogP contribution is -1.99. The molecule has 0 radical (unpaired) electrons. The van der Waals surface area contributed by atoms with Gasteiger partial charge < -0.3 is 9.30 Å². The highest BCUT2D eigenvalue weighted by atomic mass is 16.5. The van der Waals surface area contributed by atoms with Crippen molar-refractivity contribution < 1.29 is 4.74 Å². The van der Waals surface area contributed by atoms with Gasteiger partial charge in [-0.1, -0.05) is 0 Å². The molecule has 2 heterocycles. The number of hydrogen-bond donors (Lipinski definition) is 0. The van der Waals surface area contributed by atoms with E-state index in [1.807, 2.05) is 31.6 Å². The number of aryl methyl sites for hydroxylation is 1. The number of ether oxygens (including phenoxy) is 1. The van der Waals surface area contributed by atoms with Crippen LogP contribution in [0, 0.1) is 0 Å². The maximum Gasteiger partial charge on any atom is 0.132 e. The molecule has 0 amide bonds. The SMILES string of the molecule is Cn1cccc1-c1cnccc1OC1CC1. The number of pyridine rings is 1. The lowest BCUT2D eigenvalue weighted by atomic mass is 10.2. The van der Waals surface area contributed by atoms with E-state index in [9.17, 15) is 0 Å². The molecule has 2 aromatic heterocycles. The van der Waals surface area contributed by atoms with Crippen molar-refractivity contribution in [2.45, 2.75) is 18.9 Å². The van der Waals surface area contributed by atoms with Crippen molar-refractivity contribution in [2.24, 2.45) is 7.05 Å². The maximum absolute atomic E-state index is 5.88. The van der Waals surface area contributed by atoms with Crippen molar-refractivity contribution in [3.05, 3.63) is 36.8 Å². The second kappa shape index (κ2) is 3.67. The van der Waals surface area contributed by atoms with Crippen LogP contribution in [0.5, 0.6) is 5.75 Å². The Morgan fingerprint density at radius 1 is 1.38 bits per heavy atom. The van der Waals surface area contributed by atoms with Crippen LogP contribution in [0.1, 0.15) is 12.8 Å². The summed E-state index contributed by atoms with van der Waals surface area (Å²) in [7, 11) is 2.03. The van der Waals surface area contributed by atoms with Gasteiger partial charge in [0.05, 0.1) is 17.4 Å². The van der Waals surface area contributed by atoms with Crippen LogP contribution in [0.3, 0.4) is 0 Å². The van der Waals surface area contributed by atoms with Crippen LogP contribution in [0.25, 0.3) is 11.3 Å². The van der Waals surface area contributed by atoms with Gasteiger partial charge >= 0.3 is 0 Å². The smallest absolute Gasteiger partial charge is 0.132 e. The summed E-state index contributed by atoms with van der Waals surface area (Å²) in [5, 5.41) is 0. The normalized spacial score (nSPS) is 15.1. The summed E-state index contributed by atoms with van der Waals surface area (Å²) in [6.45, 7) is 0. The molecule has 0 atom stereocenters. The largest absolute Gasteiger partial charge is 0.490 e. The zero-order valence-electron chi connectivity index (χ0n) is 9.26. The van der Waals surface area contributed by atoms with Crippen LogP contribution in [-0.4, -0.2) is 15.7 Å². The molecule has 0 aromatic carbocycles. The molecule has 0 bridgehead atoms. The molecule has 1 fully saturated rings. The molecule has 3 rings (SSSR count). The molecule has 0 N–H and O–H groups in total. The average molecular weight is 214 g/mol. The summed E-state index contributed by atoms with van der Waals surface area (Å²) in [5.74, 6) is 0.944. The first-order valence-electron chi connectivity index (χ1n) is 5.57. The zero-order chi connectivity index (χ0) is 11.0. The van der Waals surface area contributed by atoms with E-state index in [2.05, 4.69) is 15.6 Å². The lowest BCUT2D eigenvalue weighted by Gasteiger charge is -2.10. The van der Waals surface area contributed by atoms with Crippen LogP contribution in [0.2, 0.25) is 0 Å². The first kappa shape index (κ1) is 9.46. The molecule has 1 saturated carbocycles. The van der Waals surface area contributed by atoms with E-state index in [1.54, 1.807) is 6.20 Å². The van der Waals surface area contributed by atoms with Crippen molar-refractivity contribution >= 4 is 0 Å². The van der Waals surface area contributed by atoms with Crippen LogP contribution >= 0.6 is 0 Å². The summed E-state index contributed by atoms with van der Waals surface area (Å²) in [4.78, 5) is 4.18. The van der Waals surface area contributed by atoms with E-state index in [4.69, 9.17) is 4.74 Å². The minimum atomic E-state index is 0.418. The fraction of sp³-hybridized carbons (Fsp3) is 0.308. The van der Waals surface area contributed by atoms with E-state index >= 15 is 0 Å². The van der Waals surface area contributed by atoms with Gasteiger partial charge in [-0.25, -0.2) is 0 Å². The summed E-state index contributed by atoms with van der Waals surface area (Å²) in [6.07, 6.45) is 8.45. The standard InChI is InChI=1S/C13H14N2O/c1-15-8-2-3-12(15)11-9-14-7-6-13(11)16-10-4-5-10/h2-3,6-10H,4-5H2,1H3. The molecule has 1 aliphatic rings. The molecule has 3 nitrogen and oxygen atoms in total. The Labute approximate surface area is 94.7 Å². The van der Waals surface area contributed by atoms with Crippen molar-refractivity contribution in [3.63, 3.8) is 0 Å². The fourth-order valence-electron chi connectivity index (χ4n) is 1.78. The molecule has 0 saturated heterocycles. The fourth-order valence-corrected chi connectivity index (χ4v) is 1.78. The molecule has 3 heteroatoms. The second-order valence-electron chi connectivity index (χ2n) is 4.19. The van der Waals surface area contributed by atoms with E-state index in [-0.39, 0.29) is 0 Å². The third-order valence-corrected chi connectivity index (χ3v) is 2.82. The van der Waals surface area contributed by atoms with E-state index in [0.717, 1.165) is 17.0 Å². The minimum Gasteiger partial charge on any atom is -0.490 e. The molecule has 16 heavy (non-hydrogen) atoms. The van der Waals surface area contributed by atoms with Crippen LogP contribution in [0.15, 0.2) is 36.8 Å². The summed E-state index contributed by atoms with van der Waals surface area (Å²) >= 11 is 0. The van der Waals surface area contributed by atoms with E-state index < -0.39 is 0 Å². The van der Waals surface area contributed by atoms with Crippen molar-refractivity contribution in [2.75, 3.05) is 0 Å². The predicted octanol–water partition coefficient (Wildman–Crippen LogP) is 2.63. The monoisotopic (exact) mass is 214 g/mol. The van der Waals surface area contributed by atoms with Gasteiger partial charge in [-0.05, 0) is 31.0 Å². The molecule has 82 valence electrons. The molecule has 2 aromatic rings. The summed E-state index contributed by atoms with van der Waals surface area (Å²) in [5.41, 5.74) is 2.21. The molecular formula is C13H14N2O. The van der Waals surface area contributed by atoms with Gasteiger partial charge in [-0.2, -0.15) is 0 Å². The Morgan fingerprint density at radius 3 is 2.94 bits per heavy atom. The first-order chi connectivity index (χ1) is 7.84. The molecule has 1 aliphatic carbocycles. The van der Waals surface area contributed by atoms with Gasteiger partial charge in [0.25, 0.3) is 0 Å². The summed E-state index contributed by atoms with van der Waals surface area (Å²) in [6, 6.07) is 6.06. The highest BCUT2D eigenvalue weighted by molar-refractivity contribution is 5.66. The Bertz CT molecular complexity index is 500. The van der Waals surface area contributed by atoms with Crippen LogP contribution in [0.4, 0.5) is 0 Å². The topological polar surface area (TPSA) is 27.1 Å². The average Bonchev–Trinajstić information content (AvgIpc) is 3.00. The first-order valence-corrected chi connectivity index (χ1v) is 5.57. The quantitative estimate of drug-likeness (QED) is 0.785. The third kappa shape index (κ3) is 1.69. The van der Waals surface area contributed by atoms with Gasteiger partial charge in [-0.15, -0.1) is 0 Å². The van der Waals surface area contributed by atoms with Gasteiger partial charge in [0.2, 0.25) is 0 Å². The lowest BCUT2D eigenvalue weighted by molar-refractivity contribution is 0.304. The number of nitrogens with zero attached hydrogens (tertiary/aromatic N) is 2. The van der Waals surface area contributed by atoms with E-state index in [0.29, 0.717) is 6.10 Å². The van der Waals surface area contributed by atoms with Crippen molar-refractivity contribution in [1.82, 2.24) is 9.55 Å². The Kier molecular flexibility index (Phi) is 2.17. The number of rotatable bonds is 3. The van der Waals surface area contributed by atoms with Gasteiger partial charge in [0.15, 0.2) is 0 Å². The summed E-state index contributed by atoms with van der Waals surface area (Å²) < 4.78 is 7.96. The molecule has 0 spiro atoms. The molecule has 0 aliphatic heterocycles.